The zero-order valence-corrected chi connectivity index (χ0v) is 21.6. The van der Waals surface area contributed by atoms with E-state index in [0.29, 0.717) is 45.0 Å². The molecule has 0 spiro atoms. The summed E-state index contributed by atoms with van der Waals surface area (Å²) in [5, 5.41) is 35.8. The predicted molar refractivity (Wildman–Crippen MR) is 154 cm³/mol. The predicted octanol–water partition coefficient (Wildman–Crippen LogP) is 3.07. The second kappa shape index (κ2) is 15.1. The van der Waals surface area contributed by atoms with Crippen LogP contribution in [0.5, 0.6) is 11.5 Å². The molecule has 4 aromatic rings. The Bertz CT molecular complexity index is 1450. The first-order valence-corrected chi connectivity index (χ1v) is 12.6. The number of nitrogens with one attached hydrogen (secondary N) is 2. The van der Waals surface area contributed by atoms with Gasteiger partial charge < -0.3 is 30.7 Å². The number of ether oxygens (including phenoxy) is 1. The van der Waals surface area contributed by atoms with E-state index in [4.69, 9.17) is 21.4 Å². The molecule has 1 aromatic heterocycles. The van der Waals surface area contributed by atoms with Crippen molar-refractivity contribution in [3.05, 3.63) is 101 Å². The van der Waals surface area contributed by atoms with Gasteiger partial charge in [-0.15, -0.1) is 0 Å². The molecule has 40 heavy (non-hydrogen) atoms. The van der Waals surface area contributed by atoms with Crippen molar-refractivity contribution in [2.45, 2.75) is 18.6 Å². The van der Waals surface area contributed by atoms with Crippen LogP contribution in [0, 0.1) is 0 Å². The summed E-state index contributed by atoms with van der Waals surface area (Å²) in [6.45, 7) is -0.297. The number of nitrogens with zero attached hydrogens (tertiary/aromatic N) is 1. The number of pyridine rings is 1. The fourth-order valence-corrected chi connectivity index (χ4v) is 4.23. The van der Waals surface area contributed by atoms with Crippen molar-refractivity contribution in [2.24, 2.45) is 0 Å². The molecule has 0 aliphatic carbocycles. The third kappa shape index (κ3) is 8.74. The third-order valence-electron chi connectivity index (χ3n) is 6.05. The molecule has 0 bridgehead atoms. The number of halogens is 1. The molecule has 3 aromatic carbocycles. The number of aliphatic hydroxyl groups excluding tert-OH is 2. The molecule has 0 unspecified atom stereocenters. The van der Waals surface area contributed by atoms with Crippen LogP contribution >= 0.6 is 11.6 Å². The summed E-state index contributed by atoms with van der Waals surface area (Å²) in [4.78, 5) is 27.2. The van der Waals surface area contributed by atoms with Crippen molar-refractivity contribution >= 4 is 63.9 Å². The van der Waals surface area contributed by atoms with Gasteiger partial charge in [-0.2, -0.15) is 0 Å². The zero-order chi connectivity index (χ0) is 27.8. The number of benzene rings is 3. The van der Waals surface area contributed by atoms with E-state index in [1.54, 1.807) is 54.7 Å². The Hall–Kier alpha value is -3.02. The van der Waals surface area contributed by atoms with Crippen LogP contribution in [0.1, 0.15) is 27.6 Å². The summed E-state index contributed by atoms with van der Waals surface area (Å²) in [5.41, 5.74) is 2.51. The normalized spacial score (nSPS) is 12.3. The van der Waals surface area contributed by atoms with E-state index >= 15 is 0 Å². The van der Waals surface area contributed by atoms with Crippen LogP contribution in [0.2, 0.25) is 5.02 Å². The molecule has 11 heteroatoms. The molecule has 0 radical (unpaired) electrons. The van der Waals surface area contributed by atoms with Gasteiger partial charge in [-0.25, -0.2) is 0 Å². The summed E-state index contributed by atoms with van der Waals surface area (Å²) in [6, 6.07) is 20.8. The molecular weight excluding hydrogens is 545 g/mol. The number of amides is 1. The Kier molecular flexibility index (Phi) is 11.9. The van der Waals surface area contributed by atoms with Crippen molar-refractivity contribution in [1.29, 1.82) is 0 Å². The van der Waals surface area contributed by atoms with Gasteiger partial charge in [0.1, 0.15) is 18.0 Å². The molecule has 0 aliphatic heterocycles. The van der Waals surface area contributed by atoms with Crippen LogP contribution in [0.3, 0.4) is 0 Å². The number of aliphatic carboxylic acids is 1. The minimum atomic E-state index is -1.13. The topological polar surface area (TPSA) is 141 Å². The van der Waals surface area contributed by atoms with Gasteiger partial charge in [0.25, 0.3) is 5.91 Å². The summed E-state index contributed by atoms with van der Waals surface area (Å²) < 4.78 is 6.07. The molecule has 1 heterocycles. The number of carbonyl (C=O) groups excluding carboxylic acids is 1. The van der Waals surface area contributed by atoms with Crippen LogP contribution in [-0.2, 0) is 11.2 Å². The quantitative estimate of drug-likeness (QED) is 0.163. The van der Waals surface area contributed by atoms with Crippen molar-refractivity contribution in [1.82, 2.24) is 15.6 Å². The van der Waals surface area contributed by atoms with Gasteiger partial charge in [0, 0.05) is 34.8 Å². The first kappa shape index (κ1) is 31.5. The molecule has 4 rings (SSSR count). The summed E-state index contributed by atoms with van der Waals surface area (Å²) in [7, 11) is 0. The van der Waals surface area contributed by atoms with Gasteiger partial charge in [-0.05, 0) is 66.1 Å². The fraction of sp³-hybridized carbons (Fsp3) is 0.207. The number of carbonyl (C=O) groups is 2. The van der Waals surface area contributed by atoms with Crippen LogP contribution in [0.25, 0.3) is 10.9 Å². The first-order chi connectivity index (χ1) is 18.8. The first-order valence-electron chi connectivity index (χ1n) is 12.3. The van der Waals surface area contributed by atoms with E-state index in [1.165, 1.54) is 0 Å². The Morgan fingerprint density at radius 1 is 1.02 bits per heavy atom. The van der Waals surface area contributed by atoms with Crippen molar-refractivity contribution in [2.75, 3.05) is 19.7 Å². The second-order valence-electron chi connectivity index (χ2n) is 8.93. The molecule has 0 saturated carbocycles. The third-order valence-corrected chi connectivity index (χ3v) is 6.29. The summed E-state index contributed by atoms with van der Waals surface area (Å²) in [5.74, 6) is -0.480. The van der Waals surface area contributed by atoms with E-state index in [0.717, 1.165) is 5.56 Å². The number of fused-ring (bicyclic) bond motifs is 1. The molecule has 0 aliphatic rings. The summed E-state index contributed by atoms with van der Waals surface area (Å²) >= 11 is 6.00. The van der Waals surface area contributed by atoms with Gasteiger partial charge in [-0.1, -0.05) is 35.9 Å². The standard InChI is InChI=1S/C29H28ClN3O6.Na.H/c30-21-3-1-2-19(13-21)26(35)15-32-22(17-34)12-18-4-7-23(8-5-18)39-27-10-11-31-25-14-20(6-9-24(25)27)29(38)33-16-28(36)37;;/h1-11,13-14,22,26,32,34-35H,12,15-17H2,(H,33,38)(H,36,37);;/t22-,26+;;/m0../s1. The molecule has 9 nitrogen and oxygen atoms in total. The SMILES string of the molecule is O=C(O)CNC(=O)c1ccc2c(Oc3ccc(C[C@@H](CO)NC[C@@H](O)c4cccc(Cl)c4)cc3)ccnc2c1.[NaH]. The Labute approximate surface area is 258 Å². The molecule has 0 fully saturated rings. The molecule has 204 valence electrons. The molecular formula is C29H29ClN3NaO6. The number of aromatic nitrogens is 1. The van der Waals surface area contributed by atoms with Crippen molar-refractivity contribution in [3.8, 4) is 11.5 Å². The number of carboxylic acid groups (broad SMARTS) is 1. The second-order valence-corrected chi connectivity index (χ2v) is 9.36. The molecule has 1 amide bonds. The van der Waals surface area contributed by atoms with E-state index in [1.807, 2.05) is 24.3 Å². The average molecular weight is 574 g/mol. The van der Waals surface area contributed by atoms with Gasteiger partial charge >= 0.3 is 35.5 Å². The van der Waals surface area contributed by atoms with Crippen LogP contribution in [-0.4, -0.2) is 87.5 Å². The Morgan fingerprint density at radius 3 is 2.50 bits per heavy atom. The number of carboxylic acids is 1. The minimum absolute atomic E-state index is 0. The van der Waals surface area contributed by atoms with Gasteiger partial charge in [0.15, 0.2) is 0 Å². The van der Waals surface area contributed by atoms with Crippen molar-refractivity contribution in [3.63, 3.8) is 0 Å². The van der Waals surface area contributed by atoms with E-state index < -0.39 is 24.5 Å². The van der Waals surface area contributed by atoms with Crippen LogP contribution < -0.4 is 15.4 Å². The Morgan fingerprint density at radius 2 is 1.80 bits per heavy atom. The van der Waals surface area contributed by atoms with Gasteiger partial charge in [-0.3, -0.25) is 14.6 Å². The molecule has 2 atom stereocenters. The van der Waals surface area contributed by atoms with Crippen LogP contribution in [0.4, 0.5) is 0 Å². The summed E-state index contributed by atoms with van der Waals surface area (Å²) in [6.07, 6.45) is 1.36. The van der Waals surface area contributed by atoms with E-state index in [2.05, 4.69) is 15.6 Å². The Balaban J connectivity index is 0.00000441. The number of hydrogen-bond donors (Lipinski definition) is 5. The zero-order valence-electron chi connectivity index (χ0n) is 20.9. The fourth-order valence-electron chi connectivity index (χ4n) is 4.03. The van der Waals surface area contributed by atoms with Gasteiger partial charge in [0.05, 0.1) is 18.2 Å². The van der Waals surface area contributed by atoms with E-state index in [9.17, 15) is 19.8 Å². The van der Waals surface area contributed by atoms with Gasteiger partial charge in [0.2, 0.25) is 0 Å². The average Bonchev–Trinajstić information content (AvgIpc) is 2.94. The maximum atomic E-state index is 12.2. The van der Waals surface area contributed by atoms with E-state index in [-0.39, 0.29) is 48.8 Å². The van der Waals surface area contributed by atoms with Crippen molar-refractivity contribution < 1.29 is 29.6 Å². The monoisotopic (exact) mass is 573 g/mol. The number of aliphatic hydroxyl groups is 2. The number of hydrogen-bond acceptors (Lipinski definition) is 7. The molecule has 0 saturated heterocycles. The molecule has 5 N–H and O–H groups in total. The number of rotatable bonds is 12. The van der Waals surface area contributed by atoms with Crippen LogP contribution in [0.15, 0.2) is 79.0 Å². The maximum absolute atomic E-state index is 12.2.